The zero-order valence-corrected chi connectivity index (χ0v) is 16.2. The van der Waals surface area contributed by atoms with Gasteiger partial charge in [-0.2, -0.15) is 0 Å². The van der Waals surface area contributed by atoms with Crippen molar-refractivity contribution in [2.45, 2.75) is 6.92 Å². The smallest absolute Gasteiger partial charge is 0.254 e. The lowest BCUT2D eigenvalue weighted by molar-refractivity contribution is -0.117. The van der Waals surface area contributed by atoms with Crippen molar-refractivity contribution < 1.29 is 14.3 Å². The van der Waals surface area contributed by atoms with Crippen molar-refractivity contribution in [1.29, 1.82) is 0 Å². The molecule has 3 rings (SSSR count). The highest BCUT2D eigenvalue weighted by molar-refractivity contribution is 7.13. The highest BCUT2D eigenvalue weighted by Gasteiger charge is 2.22. The van der Waals surface area contributed by atoms with E-state index in [1.54, 1.807) is 22.5 Å². The van der Waals surface area contributed by atoms with Gasteiger partial charge in [-0.3, -0.25) is 14.5 Å². The molecule has 1 aromatic heterocycles. The minimum Gasteiger partial charge on any atom is -0.379 e. The molecule has 1 N–H and O–H groups in total. The fourth-order valence-electron chi connectivity index (χ4n) is 2.94. The average molecular weight is 388 g/mol. The molecule has 27 heavy (non-hydrogen) atoms. The van der Waals surface area contributed by atoms with Gasteiger partial charge in [-0.1, -0.05) is 18.2 Å². The Balaban J connectivity index is 1.68. The van der Waals surface area contributed by atoms with Crippen LogP contribution in [0.3, 0.4) is 0 Å². The number of benzene rings is 1. The van der Waals surface area contributed by atoms with Crippen LogP contribution in [0.5, 0.6) is 0 Å². The maximum absolute atomic E-state index is 13.1. The van der Waals surface area contributed by atoms with Gasteiger partial charge < -0.3 is 15.0 Å². The number of nitrogens with zero attached hydrogens (tertiary/aromatic N) is 3. The summed E-state index contributed by atoms with van der Waals surface area (Å²) in [5.41, 5.74) is 1.53. The number of morpholine rings is 1. The molecule has 2 amide bonds. The molecule has 8 heteroatoms. The van der Waals surface area contributed by atoms with Gasteiger partial charge in [0.25, 0.3) is 5.91 Å². The van der Waals surface area contributed by atoms with E-state index in [2.05, 4.69) is 15.2 Å². The van der Waals surface area contributed by atoms with Gasteiger partial charge in [-0.05, 0) is 18.6 Å². The summed E-state index contributed by atoms with van der Waals surface area (Å²) in [6.07, 6.45) is 1.63. The van der Waals surface area contributed by atoms with Crippen LogP contribution in [0.15, 0.2) is 35.8 Å². The van der Waals surface area contributed by atoms with Gasteiger partial charge in [-0.25, -0.2) is 4.98 Å². The lowest BCUT2D eigenvalue weighted by atomic mass is 10.1. The Hall–Kier alpha value is -2.29. The molecule has 0 radical (unpaired) electrons. The number of ether oxygens (including phenoxy) is 1. The number of rotatable bonds is 7. The van der Waals surface area contributed by atoms with Crippen LogP contribution in [-0.2, 0) is 9.53 Å². The maximum atomic E-state index is 13.1. The zero-order chi connectivity index (χ0) is 19.1. The van der Waals surface area contributed by atoms with Gasteiger partial charge in [-0.15, -0.1) is 11.3 Å². The van der Waals surface area contributed by atoms with Crippen molar-refractivity contribution in [2.75, 3.05) is 51.3 Å². The summed E-state index contributed by atoms with van der Waals surface area (Å²) in [6, 6.07) is 7.45. The summed E-state index contributed by atoms with van der Waals surface area (Å²) in [5.74, 6) is -0.371. The first-order chi connectivity index (χ1) is 13.1. The predicted octanol–water partition coefficient (Wildman–Crippen LogP) is 1.86. The van der Waals surface area contributed by atoms with E-state index in [9.17, 15) is 9.59 Å². The molecule has 0 spiro atoms. The number of thiazole rings is 1. The largest absolute Gasteiger partial charge is 0.379 e. The standard InChI is InChI=1S/C19H24N4O3S/c1-15-4-2-3-5-16(15)18(25)23(8-7-22-9-11-26-12-10-22)14-17(24)21-19-20-6-13-27-19/h2-6,13H,7-12,14H2,1H3,(H,20,21,24). The molecule has 2 aromatic rings. The highest BCUT2D eigenvalue weighted by Crippen LogP contribution is 2.13. The van der Waals surface area contributed by atoms with E-state index in [-0.39, 0.29) is 18.4 Å². The van der Waals surface area contributed by atoms with E-state index in [1.807, 2.05) is 25.1 Å². The summed E-state index contributed by atoms with van der Waals surface area (Å²) in [6.45, 7) is 6.20. The molecule has 0 unspecified atom stereocenters. The van der Waals surface area contributed by atoms with Crippen LogP contribution in [0.25, 0.3) is 0 Å². The first-order valence-electron chi connectivity index (χ1n) is 8.98. The van der Waals surface area contributed by atoms with E-state index in [1.165, 1.54) is 11.3 Å². The minimum absolute atomic E-state index is 0.00289. The fraction of sp³-hybridized carbons (Fsp3) is 0.421. The second-order valence-electron chi connectivity index (χ2n) is 6.38. The molecular weight excluding hydrogens is 364 g/mol. The van der Waals surface area contributed by atoms with Crippen molar-refractivity contribution in [1.82, 2.24) is 14.8 Å². The quantitative estimate of drug-likeness (QED) is 0.784. The topological polar surface area (TPSA) is 74.8 Å². The van der Waals surface area contributed by atoms with Crippen molar-refractivity contribution in [3.63, 3.8) is 0 Å². The van der Waals surface area contributed by atoms with Gasteiger partial charge in [0, 0.05) is 43.3 Å². The Morgan fingerprint density at radius 2 is 2.07 bits per heavy atom. The molecule has 144 valence electrons. The molecule has 7 nitrogen and oxygen atoms in total. The van der Waals surface area contributed by atoms with Crippen LogP contribution in [0, 0.1) is 6.92 Å². The molecule has 1 saturated heterocycles. The van der Waals surface area contributed by atoms with E-state index in [0.29, 0.717) is 37.0 Å². The van der Waals surface area contributed by atoms with Gasteiger partial charge in [0.2, 0.25) is 5.91 Å². The number of carbonyl (C=O) groups is 2. The fourth-order valence-corrected chi connectivity index (χ4v) is 3.48. The third-order valence-electron chi connectivity index (χ3n) is 4.47. The maximum Gasteiger partial charge on any atom is 0.254 e. The van der Waals surface area contributed by atoms with Gasteiger partial charge in [0.05, 0.1) is 13.2 Å². The molecule has 2 heterocycles. The average Bonchev–Trinajstić information content (AvgIpc) is 3.18. The van der Waals surface area contributed by atoms with Crippen molar-refractivity contribution >= 4 is 28.3 Å². The molecule has 0 aliphatic carbocycles. The summed E-state index contributed by atoms with van der Waals surface area (Å²) in [7, 11) is 0. The Labute approximate surface area is 162 Å². The molecular formula is C19H24N4O3S. The molecule has 0 bridgehead atoms. The first kappa shape index (κ1) is 19.5. The lowest BCUT2D eigenvalue weighted by Gasteiger charge is -2.30. The Bertz CT molecular complexity index is 760. The summed E-state index contributed by atoms with van der Waals surface area (Å²) >= 11 is 1.35. The van der Waals surface area contributed by atoms with Gasteiger partial charge in [0.1, 0.15) is 6.54 Å². The van der Waals surface area contributed by atoms with Crippen LogP contribution in [0.2, 0.25) is 0 Å². The molecule has 0 atom stereocenters. The molecule has 0 saturated carbocycles. The zero-order valence-electron chi connectivity index (χ0n) is 15.4. The second kappa shape index (κ2) is 9.59. The van der Waals surface area contributed by atoms with Gasteiger partial charge in [0.15, 0.2) is 5.13 Å². The van der Waals surface area contributed by atoms with Crippen LogP contribution in [-0.4, -0.2) is 72.5 Å². The van der Waals surface area contributed by atoms with Crippen LogP contribution in [0.4, 0.5) is 5.13 Å². The number of amides is 2. The summed E-state index contributed by atoms with van der Waals surface area (Å²) in [5, 5.41) is 5.09. The van der Waals surface area contributed by atoms with E-state index in [4.69, 9.17) is 4.74 Å². The number of aryl methyl sites for hydroxylation is 1. The molecule has 1 fully saturated rings. The number of aromatic nitrogens is 1. The van der Waals surface area contributed by atoms with Crippen LogP contribution in [0.1, 0.15) is 15.9 Å². The number of carbonyl (C=O) groups excluding carboxylic acids is 2. The third kappa shape index (κ3) is 5.59. The molecule has 1 aromatic carbocycles. The third-order valence-corrected chi connectivity index (χ3v) is 5.15. The first-order valence-corrected chi connectivity index (χ1v) is 9.86. The summed E-state index contributed by atoms with van der Waals surface area (Å²) in [4.78, 5) is 33.4. The van der Waals surface area contributed by atoms with Crippen molar-refractivity contribution in [3.8, 4) is 0 Å². The minimum atomic E-state index is -0.242. The lowest BCUT2D eigenvalue weighted by Crippen LogP contribution is -2.45. The second-order valence-corrected chi connectivity index (χ2v) is 7.28. The molecule has 1 aliphatic rings. The van der Waals surface area contributed by atoms with Crippen molar-refractivity contribution in [2.24, 2.45) is 0 Å². The number of hydrogen-bond donors (Lipinski definition) is 1. The number of anilines is 1. The highest BCUT2D eigenvalue weighted by atomic mass is 32.1. The molecule has 1 aliphatic heterocycles. The predicted molar refractivity (Wildman–Crippen MR) is 105 cm³/mol. The van der Waals surface area contributed by atoms with E-state index < -0.39 is 0 Å². The van der Waals surface area contributed by atoms with E-state index in [0.717, 1.165) is 18.7 Å². The van der Waals surface area contributed by atoms with Gasteiger partial charge >= 0.3 is 0 Å². The Kier molecular flexibility index (Phi) is 6.92. The van der Waals surface area contributed by atoms with Crippen LogP contribution < -0.4 is 5.32 Å². The number of nitrogens with one attached hydrogen (secondary N) is 1. The Morgan fingerprint density at radius 1 is 1.30 bits per heavy atom. The van der Waals surface area contributed by atoms with Crippen LogP contribution >= 0.6 is 11.3 Å². The van der Waals surface area contributed by atoms with Crippen molar-refractivity contribution in [3.05, 3.63) is 47.0 Å². The summed E-state index contributed by atoms with van der Waals surface area (Å²) < 4.78 is 5.37. The number of hydrogen-bond acceptors (Lipinski definition) is 6. The Morgan fingerprint density at radius 3 is 2.78 bits per heavy atom. The van der Waals surface area contributed by atoms with E-state index >= 15 is 0 Å². The normalized spacial score (nSPS) is 14.7. The SMILES string of the molecule is Cc1ccccc1C(=O)N(CCN1CCOCC1)CC(=O)Nc1nccs1. The monoisotopic (exact) mass is 388 g/mol.